The van der Waals surface area contributed by atoms with Gasteiger partial charge in [-0.25, -0.2) is 0 Å². The van der Waals surface area contributed by atoms with Crippen LogP contribution in [0.3, 0.4) is 0 Å². The van der Waals surface area contributed by atoms with Gasteiger partial charge in [0.2, 0.25) is 0 Å². The Morgan fingerprint density at radius 3 is 1.57 bits per heavy atom. The number of esters is 6. The molecule has 0 radical (unpaired) electrons. The number of carbonyl (C=O) groups excluding carboxylic acids is 6. The minimum absolute atomic E-state index is 0.370. The smallest absolute Gasteiger partial charge is 0.303 e. The third kappa shape index (κ3) is 11.0. The molecule has 0 bridgehead atoms. The molecule has 290 valence electrons. The lowest BCUT2D eigenvalue weighted by Crippen LogP contribution is -2.66. The second-order valence-corrected chi connectivity index (χ2v) is 13.7. The van der Waals surface area contributed by atoms with Gasteiger partial charge in [0, 0.05) is 57.8 Å². The van der Waals surface area contributed by atoms with Crippen LogP contribution < -0.4 is 0 Å². The van der Waals surface area contributed by atoms with Crippen molar-refractivity contribution in [1.29, 1.82) is 0 Å². The molecule has 3 heterocycles. The fourth-order valence-corrected chi connectivity index (χ4v) is 7.52. The molecule has 0 N–H and O–H groups in total. The maximum absolute atomic E-state index is 12.9. The fourth-order valence-electron chi connectivity index (χ4n) is 6.32. The highest BCUT2D eigenvalue weighted by atomic mass is 32.2. The number of aryl methyl sites for hydroxylation is 2. The molecule has 17 heteroatoms. The van der Waals surface area contributed by atoms with Gasteiger partial charge in [0.05, 0.1) is 0 Å². The Morgan fingerprint density at radius 1 is 0.585 bits per heavy atom. The molecule has 0 aliphatic carbocycles. The normalized spacial score (nSPS) is 28.2. The first kappa shape index (κ1) is 41.3. The van der Waals surface area contributed by atoms with Crippen molar-refractivity contribution >= 4 is 47.6 Å². The molecule has 16 nitrogen and oxygen atoms in total. The second-order valence-electron chi connectivity index (χ2n) is 12.5. The molecule has 0 saturated carbocycles. The van der Waals surface area contributed by atoms with Crippen LogP contribution in [-0.4, -0.2) is 108 Å². The molecule has 0 amide bonds. The van der Waals surface area contributed by atoms with E-state index in [4.69, 9.17) is 42.6 Å². The van der Waals surface area contributed by atoms with Gasteiger partial charge in [-0.15, -0.1) is 0 Å². The van der Waals surface area contributed by atoms with Crippen LogP contribution in [0.15, 0.2) is 47.4 Å². The Kier molecular flexibility index (Phi) is 14.4. The van der Waals surface area contributed by atoms with Crippen molar-refractivity contribution in [3.8, 4) is 0 Å². The summed E-state index contributed by atoms with van der Waals surface area (Å²) in [5.74, 6) is -4.47. The largest absolute Gasteiger partial charge is 0.463 e. The molecule has 2 fully saturated rings. The van der Waals surface area contributed by atoms with Gasteiger partial charge in [0.25, 0.3) is 0 Å². The van der Waals surface area contributed by atoms with Gasteiger partial charge >= 0.3 is 35.8 Å². The minimum atomic E-state index is -1.66. The van der Waals surface area contributed by atoms with E-state index in [0.29, 0.717) is 0 Å². The van der Waals surface area contributed by atoms with E-state index in [1.807, 2.05) is 60.9 Å². The highest BCUT2D eigenvalue weighted by Gasteiger charge is 2.57. The van der Waals surface area contributed by atoms with E-state index in [1.165, 1.54) is 25.6 Å². The number of benzene rings is 1. The Morgan fingerprint density at radius 2 is 1.06 bits per heavy atom. The monoisotopic (exact) mass is 763 g/mol. The van der Waals surface area contributed by atoms with Crippen LogP contribution in [0.25, 0.3) is 0 Å². The lowest BCUT2D eigenvalue weighted by atomic mass is 9.95. The Hall–Kier alpha value is -4.45. The van der Waals surface area contributed by atoms with Crippen molar-refractivity contribution < 1.29 is 71.4 Å². The molecule has 2 aromatic rings. The molecule has 0 spiro atoms. The maximum Gasteiger partial charge on any atom is 0.303 e. The van der Waals surface area contributed by atoms with E-state index < -0.39 is 103 Å². The topological polar surface area (TPSA) is 190 Å². The number of hydrogen-bond donors (Lipinski definition) is 0. The summed E-state index contributed by atoms with van der Waals surface area (Å²) in [4.78, 5) is 75.0. The molecule has 2 saturated heterocycles. The van der Waals surface area contributed by atoms with Crippen molar-refractivity contribution in [2.24, 2.45) is 0 Å². The van der Waals surface area contributed by atoms with Gasteiger partial charge < -0.3 is 47.2 Å². The van der Waals surface area contributed by atoms with Crippen LogP contribution >= 0.6 is 11.8 Å². The number of ether oxygens (including phenoxy) is 9. The molecule has 0 unspecified atom stereocenters. The van der Waals surface area contributed by atoms with Gasteiger partial charge in [0.15, 0.2) is 30.7 Å². The molecule has 1 aromatic carbocycles. The van der Waals surface area contributed by atoms with Gasteiger partial charge in [-0.2, -0.15) is 0 Å². The van der Waals surface area contributed by atoms with Gasteiger partial charge in [0.1, 0.15) is 43.0 Å². The predicted octanol–water partition coefficient (Wildman–Crippen LogP) is 3.13. The number of thioether (sulfide) groups is 1. The zero-order chi connectivity index (χ0) is 39.0. The lowest BCUT2D eigenvalue weighted by molar-refractivity contribution is -0.338. The average molecular weight is 764 g/mol. The van der Waals surface area contributed by atoms with E-state index in [9.17, 15) is 28.8 Å². The van der Waals surface area contributed by atoms with Crippen molar-refractivity contribution in [2.45, 2.75) is 121 Å². The second kappa shape index (κ2) is 18.5. The summed E-state index contributed by atoms with van der Waals surface area (Å²) in [6.45, 7) is 9.79. The van der Waals surface area contributed by atoms with Gasteiger partial charge in [-0.1, -0.05) is 30.0 Å². The van der Waals surface area contributed by atoms with Crippen molar-refractivity contribution in [2.75, 3.05) is 13.2 Å². The molecule has 10 atom stereocenters. The molecular formula is C36H45NO15S. The van der Waals surface area contributed by atoms with Crippen LogP contribution in [0.4, 0.5) is 0 Å². The highest BCUT2D eigenvalue weighted by Crippen LogP contribution is 2.44. The van der Waals surface area contributed by atoms with Crippen LogP contribution in [0.5, 0.6) is 0 Å². The Bertz CT molecular complexity index is 1610. The van der Waals surface area contributed by atoms with E-state index in [1.54, 1.807) is 0 Å². The summed E-state index contributed by atoms with van der Waals surface area (Å²) in [5, 5.41) is 0. The third-order valence-corrected chi connectivity index (χ3v) is 9.39. The quantitative estimate of drug-likeness (QED) is 0.213. The minimum Gasteiger partial charge on any atom is -0.463 e. The number of rotatable bonds is 13. The third-order valence-electron chi connectivity index (χ3n) is 8.23. The SMILES string of the molecule is CC(=O)OC[C@H]1O[C@@H](O[C@H]2[C@H](OC(C)=O)[C@@H](n3c(C)ccc3C)[C@H](Sc3ccccc3)O[C@@H]2COC(C)=O)[C@H](OC(C)=O)[C@@H](OC(C)=O)[C@H]1OC(C)=O. The zero-order valence-electron chi connectivity index (χ0n) is 30.7. The average Bonchev–Trinajstić information content (AvgIpc) is 3.39. The Balaban J connectivity index is 1.88. The van der Waals surface area contributed by atoms with Crippen LogP contribution in [0, 0.1) is 13.8 Å². The lowest BCUT2D eigenvalue weighted by Gasteiger charge is -2.49. The summed E-state index contributed by atoms with van der Waals surface area (Å²) in [6, 6.07) is 12.4. The van der Waals surface area contributed by atoms with Crippen molar-refractivity contribution in [3.05, 3.63) is 53.9 Å². The van der Waals surface area contributed by atoms with Gasteiger partial charge in [-0.05, 0) is 38.1 Å². The summed E-state index contributed by atoms with van der Waals surface area (Å²) in [7, 11) is 0. The summed E-state index contributed by atoms with van der Waals surface area (Å²) < 4.78 is 54.9. The first-order valence-corrected chi connectivity index (χ1v) is 17.7. The Labute approximate surface area is 310 Å². The summed E-state index contributed by atoms with van der Waals surface area (Å²) in [6.07, 6.45) is -11.2. The number of hydrogen-bond acceptors (Lipinski definition) is 16. The van der Waals surface area contributed by atoms with E-state index in [-0.39, 0.29) is 6.61 Å². The van der Waals surface area contributed by atoms with E-state index in [2.05, 4.69) is 0 Å². The van der Waals surface area contributed by atoms with E-state index in [0.717, 1.165) is 44.0 Å². The van der Waals surface area contributed by atoms with Crippen molar-refractivity contribution in [1.82, 2.24) is 4.57 Å². The summed E-state index contributed by atoms with van der Waals surface area (Å²) in [5.41, 5.74) is 0.843. The van der Waals surface area contributed by atoms with E-state index >= 15 is 0 Å². The standard InChI is InChI=1S/C36H45NO15S/c1-18-14-15-19(2)37(18)29-32(47-23(6)41)30(28(17-45-21(4)39)51-36(29)53-26-12-10-9-11-13-26)52-35-34(49-25(8)43)33(48-24(7)42)31(46-22(5)40)27(50-35)16-44-20(3)38/h9-15,27-36H,16-17H2,1-8H3/t27-,28-,29-,30-,31+,32-,33+,34-,35+,36+/m1/s1. The maximum atomic E-state index is 12.9. The fraction of sp³-hybridized carbons (Fsp3) is 0.556. The molecule has 4 rings (SSSR count). The first-order chi connectivity index (χ1) is 25.0. The van der Waals surface area contributed by atoms with Crippen LogP contribution in [0.1, 0.15) is 59.0 Å². The van der Waals surface area contributed by atoms with Crippen LogP contribution in [-0.2, 0) is 71.4 Å². The summed E-state index contributed by atoms with van der Waals surface area (Å²) >= 11 is 1.35. The zero-order valence-corrected chi connectivity index (χ0v) is 31.5. The number of nitrogens with zero attached hydrogens (tertiary/aromatic N) is 1. The highest BCUT2D eigenvalue weighted by molar-refractivity contribution is 7.99. The molecule has 53 heavy (non-hydrogen) atoms. The molecule has 2 aliphatic rings. The molecular weight excluding hydrogens is 718 g/mol. The number of carbonyl (C=O) groups is 6. The molecule has 2 aliphatic heterocycles. The van der Waals surface area contributed by atoms with Crippen LogP contribution in [0.2, 0.25) is 0 Å². The number of aromatic nitrogens is 1. The first-order valence-electron chi connectivity index (χ1n) is 16.8. The van der Waals surface area contributed by atoms with Crippen molar-refractivity contribution in [3.63, 3.8) is 0 Å². The van der Waals surface area contributed by atoms with Gasteiger partial charge in [-0.3, -0.25) is 28.8 Å². The predicted molar refractivity (Wildman–Crippen MR) is 183 cm³/mol. The molecule has 1 aromatic heterocycles.